The van der Waals surface area contributed by atoms with Gasteiger partial charge in [-0.3, -0.25) is 0 Å². The standard InChI is InChI=1S/C12H6FN3/c1-2-10-8(6-15)5-9(7-16)12(13)11(10)3-4-14/h2,5H,1,3H2. The first-order chi connectivity index (χ1) is 7.69. The molecule has 0 fully saturated rings. The molecule has 0 N–H and O–H groups in total. The first kappa shape index (κ1) is 11.4. The second-order valence-electron chi connectivity index (χ2n) is 2.94. The van der Waals surface area contributed by atoms with Gasteiger partial charge in [0.1, 0.15) is 11.9 Å². The van der Waals surface area contributed by atoms with Gasteiger partial charge >= 0.3 is 0 Å². The maximum absolute atomic E-state index is 13.7. The molecule has 0 heterocycles. The third-order valence-corrected chi connectivity index (χ3v) is 2.11. The normalized spacial score (nSPS) is 8.62. The number of hydrogen-bond acceptors (Lipinski definition) is 3. The van der Waals surface area contributed by atoms with E-state index < -0.39 is 5.82 Å². The van der Waals surface area contributed by atoms with Crippen molar-refractivity contribution < 1.29 is 4.39 Å². The monoisotopic (exact) mass is 211 g/mol. The maximum Gasteiger partial charge on any atom is 0.145 e. The average molecular weight is 211 g/mol. The summed E-state index contributed by atoms with van der Waals surface area (Å²) >= 11 is 0. The van der Waals surface area contributed by atoms with Crippen molar-refractivity contribution in [3.63, 3.8) is 0 Å². The minimum absolute atomic E-state index is 0.0492. The van der Waals surface area contributed by atoms with Crippen molar-refractivity contribution in [2.75, 3.05) is 0 Å². The summed E-state index contributed by atoms with van der Waals surface area (Å²) < 4.78 is 13.7. The zero-order chi connectivity index (χ0) is 12.1. The molecule has 0 amide bonds. The molecular formula is C12H6FN3. The quantitative estimate of drug-likeness (QED) is 0.753. The van der Waals surface area contributed by atoms with Gasteiger partial charge in [-0.2, -0.15) is 15.8 Å². The SMILES string of the molecule is C=Cc1c(C#N)cc(C#N)c(F)c1CC#N. The molecule has 0 saturated heterocycles. The molecule has 0 aromatic heterocycles. The lowest BCUT2D eigenvalue weighted by molar-refractivity contribution is 0.610. The van der Waals surface area contributed by atoms with Gasteiger partial charge in [-0.05, 0) is 11.6 Å². The van der Waals surface area contributed by atoms with E-state index >= 15 is 0 Å². The molecule has 0 atom stereocenters. The molecule has 0 unspecified atom stereocenters. The van der Waals surface area contributed by atoms with E-state index in [1.54, 1.807) is 12.1 Å². The Morgan fingerprint density at radius 3 is 2.31 bits per heavy atom. The molecular weight excluding hydrogens is 205 g/mol. The van der Waals surface area contributed by atoms with Crippen molar-refractivity contribution in [1.82, 2.24) is 0 Å². The minimum atomic E-state index is -0.752. The summed E-state index contributed by atoms with van der Waals surface area (Å²) in [5, 5.41) is 26.1. The van der Waals surface area contributed by atoms with Crippen molar-refractivity contribution in [1.29, 1.82) is 15.8 Å². The van der Waals surface area contributed by atoms with Gasteiger partial charge in [0.25, 0.3) is 0 Å². The van der Waals surface area contributed by atoms with E-state index in [4.69, 9.17) is 15.8 Å². The van der Waals surface area contributed by atoms with Crippen molar-refractivity contribution in [3.05, 3.63) is 40.7 Å². The molecule has 0 aliphatic carbocycles. The molecule has 16 heavy (non-hydrogen) atoms. The summed E-state index contributed by atoms with van der Waals surface area (Å²) in [6, 6.07) is 6.45. The Morgan fingerprint density at radius 1 is 1.25 bits per heavy atom. The van der Waals surface area contributed by atoms with Crippen LogP contribution in [-0.4, -0.2) is 0 Å². The molecule has 3 nitrogen and oxygen atoms in total. The molecule has 0 radical (unpaired) electrons. The Bertz CT molecular complexity index is 568. The highest BCUT2D eigenvalue weighted by Gasteiger charge is 2.15. The van der Waals surface area contributed by atoms with E-state index in [0.717, 1.165) is 6.07 Å². The highest BCUT2D eigenvalue weighted by molar-refractivity contribution is 5.64. The van der Waals surface area contributed by atoms with Crippen molar-refractivity contribution >= 4 is 6.08 Å². The van der Waals surface area contributed by atoms with E-state index in [1.807, 2.05) is 6.07 Å². The third kappa shape index (κ3) is 1.75. The smallest absolute Gasteiger partial charge is 0.145 e. The lowest BCUT2D eigenvalue weighted by Crippen LogP contribution is -2.00. The van der Waals surface area contributed by atoms with Crippen LogP contribution < -0.4 is 0 Å². The van der Waals surface area contributed by atoms with Crippen LogP contribution in [0.5, 0.6) is 0 Å². The Morgan fingerprint density at radius 2 is 1.88 bits per heavy atom. The Balaban J connectivity index is 3.69. The van der Waals surface area contributed by atoms with Crippen LogP contribution in [0.2, 0.25) is 0 Å². The van der Waals surface area contributed by atoms with Crippen LogP contribution in [0.1, 0.15) is 22.3 Å². The molecule has 0 aliphatic heterocycles. The molecule has 0 saturated carbocycles. The first-order valence-corrected chi connectivity index (χ1v) is 4.34. The molecule has 0 aliphatic rings. The highest BCUT2D eigenvalue weighted by Crippen LogP contribution is 2.23. The highest BCUT2D eigenvalue weighted by atomic mass is 19.1. The van der Waals surface area contributed by atoms with Gasteiger partial charge in [0, 0.05) is 5.56 Å². The van der Waals surface area contributed by atoms with E-state index in [-0.39, 0.29) is 28.7 Å². The van der Waals surface area contributed by atoms with Gasteiger partial charge in [-0.25, -0.2) is 4.39 Å². The zero-order valence-corrected chi connectivity index (χ0v) is 8.29. The molecule has 76 valence electrons. The van der Waals surface area contributed by atoms with Crippen LogP contribution in [0, 0.1) is 39.8 Å². The van der Waals surface area contributed by atoms with Crippen LogP contribution in [0.3, 0.4) is 0 Å². The number of halogens is 1. The molecule has 4 heteroatoms. The van der Waals surface area contributed by atoms with Gasteiger partial charge in [0.2, 0.25) is 0 Å². The number of nitriles is 3. The average Bonchev–Trinajstić information content (AvgIpc) is 2.31. The molecule has 1 aromatic rings. The predicted octanol–water partition coefficient (Wildman–Crippen LogP) is 2.28. The number of nitrogens with zero attached hydrogens (tertiary/aromatic N) is 3. The Kier molecular flexibility index (Phi) is 3.38. The second kappa shape index (κ2) is 4.73. The first-order valence-electron chi connectivity index (χ1n) is 4.34. The van der Waals surface area contributed by atoms with E-state index in [0.29, 0.717) is 0 Å². The number of benzene rings is 1. The van der Waals surface area contributed by atoms with Gasteiger partial charge in [-0.1, -0.05) is 12.7 Å². The van der Waals surface area contributed by atoms with Crippen molar-refractivity contribution in [3.8, 4) is 18.2 Å². The molecule has 0 bridgehead atoms. The van der Waals surface area contributed by atoms with Crippen LogP contribution in [0.4, 0.5) is 4.39 Å². The van der Waals surface area contributed by atoms with Crippen LogP contribution in [0.25, 0.3) is 6.08 Å². The summed E-state index contributed by atoms with van der Waals surface area (Å²) in [6.45, 7) is 3.47. The van der Waals surface area contributed by atoms with Gasteiger partial charge < -0.3 is 0 Å². The minimum Gasteiger partial charge on any atom is -0.205 e. The lowest BCUT2D eigenvalue weighted by atomic mass is 9.96. The van der Waals surface area contributed by atoms with E-state index in [1.165, 1.54) is 6.08 Å². The fourth-order valence-corrected chi connectivity index (χ4v) is 1.39. The van der Waals surface area contributed by atoms with Gasteiger partial charge in [0.15, 0.2) is 0 Å². The van der Waals surface area contributed by atoms with E-state index in [9.17, 15) is 4.39 Å². The molecule has 1 rings (SSSR count). The predicted molar refractivity (Wildman–Crippen MR) is 55.2 cm³/mol. The summed E-state index contributed by atoms with van der Waals surface area (Å²) in [4.78, 5) is 0. The number of rotatable bonds is 2. The largest absolute Gasteiger partial charge is 0.205 e. The fraction of sp³-hybridized carbons (Fsp3) is 0.0833. The summed E-state index contributed by atoms with van der Waals surface area (Å²) in [6.07, 6.45) is 1.12. The Labute approximate surface area is 92.3 Å². The third-order valence-electron chi connectivity index (χ3n) is 2.11. The van der Waals surface area contributed by atoms with Crippen LogP contribution in [-0.2, 0) is 6.42 Å². The second-order valence-corrected chi connectivity index (χ2v) is 2.94. The van der Waals surface area contributed by atoms with Crippen LogP contribution in [0.15, 0.2) is 12.6 Å². The Hall–Kier alpha value is -2.64. The summed E-state index contributed by atoms with van der Waals surface area (Å²) in [7, 11) is 0. The van der Waals surface area contributed by atoms with E-state index in [2.05, 4.69) is 6.58 Å². The maximum atomic E-state index is 13.7. The topological polar surface area (TPSA) is 71.4 Å². The van der Waals surface area contributed by atoms with Crippen molar-refractivity contribution in [2.24, 2.45) is 0 Å². The van der Waals surface area contributed by atoms with Crippen molar-refractivity contribution in [2.45, 2.75) is 6.42 Å². The number of hydrogen-bond donors (Lipinski definition) is 0. The molecule has 1 aromatic carbocycles. The summed E-state index contributed by atoms with van der Waals surface area (Å²) in [5.41, 5.74) is 0.249. The fourth-order valence-electron chi connectivity index (χ4n) is 1.39. The van der Waals surface area contributed by atoms with Crippen LogP contribution >= 0.6 is 0 Å². The zero-order valence-electron chi connectivity index (χ0n) is 8.29. The molecule has 0 spiro atoms. The summed E-state index contributed by atoms with van der Waals surface area (Å²) in [5.74, 6) is -0.752. The van der Waals surface area contributed by atoms with Gasteiger partial charge in [-0.15, -0.1) is 0 Å². The van der Waals surface area contributed by atoms with Gasteiger partial charge in [0.05, 0.1) is 29.7 Å². The lowest BCUT2D eigenvalue weighted by Gasteiger charge is -2.07.